The van der Waals surface area contributed by atoms with Gasteiger partial charge < -0.3 is 93.0 Å². The monoisotopic (exact) mass is 898 g/mol. The number of carbonyl (C=O) groups is 3. The van der Waals surface area contributed by atoms with Crippen molar-refractivity contribution in [3.63, 3.8) is 0 Å². The quantitative estimate of drug-likeness (QED) is 0.0512. The molecule has 0 saturated carbocycles. The molecular weight excluding hydrogens is 844 g/mol. The summed E-state index contributed by atoms with van der Waals surface area (Å²) >= 11 is 0. The summed E-state index contributed by atoms with van der Waals surface area (Å²) in [6.45, 7) is 1.73. The maximum Gasteiger partial charge on any atom is 0.331 e. The number of benzene rings is 2. The molecule has 15 atom stereocenters. The number of hydrogen-bond acceptors (Lipinski definition) is 22. The van der Waals surface area contributed by atoms with Gasteiger partial charge >= 0.3 is 17.9 Å². The Morgan fingerprint density at radius 3 is 1.94 bits per heavy atom. The van der Waals surface area contributed by atoms with Crippen LogP contribution in [0.25, 0.3) is 6.08 Å². The minimum absolute atomic E-state index is 0.120. The second kappa shape index (κ2) is 22.3. The Balaban J connectivity index is 1.45. The number of aliphatic hydroxyl groups is 6. The van der Waals surface area contributed by atoms with Crippen molar-refractivity contribution in [2.45, 2.75) is 119 Å². The molecule has 0 spiro atoms. The van der Waals surface area contributed by atoms with E-state index < -0.39 is 123 Å². The molecule has 0 radical (unpaired) electrons. The minimum atomic E-state index is -1.89. The van der Waals surface area contributed by atoms with E-state index in [1.807, 2.05) is 0 Å². The highest BCUT2D eigenvalue weighted by Gasteiger charge is 2.56. The van der Waals surface area contributed by atoms with E-state index in [9.17, 15) is 55.2 Å². The average molecular weight is 899 g/mol. The lowest BCUT2D eigenvalue weighted by Gasteiger charge is -2.49. The smallest absolute Gasteiger partial charge is 0.331 e. The van der Waals surface area contributed by atoms with Crippen molar-refractivity contribution in [1.82, 2.24) is 0 Å². The fourth-order valence-corrected chi connectivity index (χ4v) is 7.20. The van der Waals surface area contributed by atoms with Crippen LogP contribution in [0.3, 0.4) is 0 Å². The highest BCUT2D eigenvalue weighted by molar-refractivity contribution is 5.87. The van der Waals surface area contributed by atoms with Gasteiger partial charge in [-0.15, -0.1) is 0 Å². The largest absolute Gasteiger partial charge is 0.504 e. The Labute approximate surface area is 360 Å². The molecule has 8 N–H and O–H groups in total. The molecule has 3 aliphatic rings. The summed E-state index contributed by atoms with van der Waals surface area (Å²) in [5, 5.41) is 83.7. The van der Waals surface area contributed by atoms with Gasteiger partial charge in [0.2, 0.25) is 0 Å². The van der Waals surface area contributed by atoms with Crippen LogP contribution in [0.4, 0.5) is 0 Å². The molecule has 5 rings (SSSR count). The van der Waals surface area contributed by atoms with Crippen molar-refractivity contribution in [1.29, 1.82) is 0 Å². The first kappa shape index (κ1) is 49.3. The van der Waals surface area contributed by atoms with Crippen molar-refractivity contribution < 1.29 is 107 Å². The molecule has 15 unspecified atom stereocenters. The molecule has 3 saturated heterocycles. The Hall–Kier alpha value is -4.69. The lowest BCUT2D eigenvalue weighted by Crippen LogP contribution is -2.67. The summed E-state index contributed by atoms with van der Waals surface area (Å²) in [6, 6.07) is 8.93. The van der Waals surface area contributed by atoms with Gasteiger partial charge in [0.25, 0.3) is 0 Å². The highest BCUT2D eigenvalue weighted by Crippen LogP contribution is 2.36. The minimum Gasteiger partial charge on any atom is -0.504 e. The van der Waals surface area contributed by atoms with Gasteiger partial charge in [0, 0.05) is 19.9 Å². The Bertz CT molecular complexity index is 1870. The van der Waals surface area contributed by atoms with Crippen molar-refractivity contribution in [2.75, 3.05) is 34.0 Å². The van der Waals surface area contributed by atoms with E-state index in [1.54, 1.807) is 12.1 Å². The molecule has 2 aromatic carbocycles. The zero-order valence-corrected chi connectivity index (χ0v) is 34.9. The SMILES string of the molecule is COc1ccc(CCOC2OC(CO)C(OC(=O)C=Cc3ccc(O)c(OC)c3)C(OC3OC(C)C(OC4OC(CO)C(O)C(O)C4O)C(OC(C)=O)C3OC(C)=O)C2O)cc1O. The van der Waals surface area contributed by atoms with Gasteiger partial charge in [-0.3, -0.25) is 9.59 Å². The summed E-state index contributed by atoms with van der Waals surface area (Å²) in [7, 11) is 2.73. The number of carbonyl (C=O) groups excluding carboxylic acids is 3. The van der Waals surface area contributed by atoms with Crippen LogP contribution in [0.2, 0.25) is 0 Å². The normalized spacial score (nSPS) is 33.3. The van der Waals surface area contributed by atoms with Crippen LogP contribution in [-0.2, 0) is 63.4 Å². The first-order valence-corrected chi connectivity index (χ1v) is 19.8. The second-order valence-electron chi connectivity index (χ2n) is 14.8. The number of esters is 3. The summed E-state index contributed by atoms with van der Waals surface area (Å²) in [5.74, 6) is -2.79. The van der Waals surface area contributed by atoms with Crippen LogP contribution in [0.15, 0.2) is 42.5 Å². The van der Waals surface area contributed by atoms with Crippen LogP contribution in [0.1, 0.15) is 31.9 Å². The molecule has 3 aliphatic heterocycles. The lowest BCUT2D eigenvalue weighted by atomic mass is 9.95. The topological polar surface area (TPSA) is 315 Å². The highest BCUT2D eigenvalue weighted by atomic mass is 16.8. The number of aliphatic hydroxyl groups excluding tert-OH is 6. The number of aromatic hydroxyl groups is 2. The van der Waals surface area contributed by atoms with Crippen LogP contribution >= 0.6 is 0 Å². The summed E-state index contributed by atoms with van der Waals surface area (Å²) in [6.07, 6.45) is -22.2. The van der Waals surface area contributed by atoms with E-state index in [4.69, 9.17) is 52.1 Å². The van der Waals surface area contributed by atoms with E-state index >= 15 is 0 Å². The fraction of sp³-hybridized carbons (Fsp3) is 0.585. The standard InChI is InChI=1S/C41H54O22/c1-18-34(62-40-32(51)31(50)30(49)27(16-42)59-40)37(57-19(2)44)38(58-20(3)45)41(56-18)63-36-33(52)39(55-13-12-22-7-10-25(53-4)24(47)14-22)60-28(17-43)35(36)61-29(48)11-8-21-6-9-23(46)26(15-21)54-5/h6-11,14-15,18,27-28,30-43,46-47,49-52H,12-13,16-17H2,1-5H3. The number of hydrogen-bond donors (Lipinski definition) is 8. The number of ether oxygens (including phenoxy) is 11. The van der Waals surface area contributed by atoms with Crippen molar-refractivity contribution in [2.24, 2.45) is 0 Å². The molecule has 0 aliphatic carbocycles. The van der Waals surface area contributed by atoms with Gasteiger partial charge in [-0.05, 0) is 54.8 Å². The maximum absolute atomic E-state index is 13.4. The van der Waals surface area contributed by atoms with Crippen LogP contribution < -0.4 is 9.47 Å². The van der Waals surface area contributed by atoms with E-state index in [2.05, 4.69) is 0 Å². The van der Waals surface area contributed by atoms with Gasteiger partial charge in [-0.1, -0.05) is 12.1 Å². The Kier molecular flexibility index (Phi) is 17.4. The van der Waals surface area contributed by atoms with Crippen molar-refractivity contribution in [3.8, 4) is 23.0 Å². The summed E-state index contributed by atoms with van der Waals surface area (Å²) in [4.78, 5) is 38.6. The van der Waals surface area contributed by atoms with E-state index in [0.29, 0.717) is 11.1 Å². The number of phenols is 2. The maximum atomic E-state index is 13.4. The third-order valence-electron chi connectivity index (χ3n) is 10.3. The third kappa shape index (κ3) is 12.1. The molecule has 0 bridgehead atoms. The van der Waals surface area contributed by atoms with Gasteiger partial charge in [0.15, 0.2) is 60.2 Å². The molecule has 2 aromatic rings. The Morgan fingerprint density at radius 1 is 0.651 bits per heavy atom. The van der Waals surface area contributed by atoms with Crippen LogP contribution in [0.5, 0.6) is 23.0 Å². The van der Waals surface area contributed by atoms with Gasteiger partial charge in [-0.25, -0.2) is 4.79 Å². The molecule has 0 amide bonds. The molecule has 63 heavy (non-hydrogen) atoms. The fourth-order valence-electron chi connectivity index (χ4n) is 7.20. The zero-order valence-electron chi connectivity index (χ0n) is 34.9. The first-order valence-electron chi connectivity index (χ1n) is 19.8. The lowest BCUT2D eigenvalue weighted by molar-refractivity contribution is -0.376. The van der Waals surface area contributed by atoms with Gasteiger partial charge in [-0.2, -0.15) is 0 Å². The van der Waals surface area contributed by atoms with Gasteiger partial charge in [0.1, 0.15) is 48.8 Å². The average Bonchev–Trinajstić information content (AvgIpc) is 3.24. The number of rotatable bonds is 17. The second-order valence-corrected chi connectivity index (χ2v) is 14.8. The molecule has 3 fully saturated rings. The van der Waals surface area contributed by atoms with Crippen molar-refractivity contribution >= 4 is 24.0 Å². The van der Waals surface area contributed by atoms with E-state index in [0.717, 1.165) is 19.9 Å². The molecule has 22 nitrogen and oxygen atoms in total. The molecule has 22 heteroatoms. The molecule has 0 aromatic heterocycles. The number of phenolic OH excluding ortho intramolecular Hbond substituents is 2. The molecule has 3 heterocycles. The van der Waals surface area contributed by atoms with E-state index in [1.165, 1.54) is 51.5 Å². The summed E-state index contributed by atoms with van der Waals surface area (Å²) < 4.78 is 62.8. The Morgan fingerprint density at radius 2 is 1.30 bits per heavy atom. The van der Waals surface area contributed by atoms with E-state index in [-0.39, 0.29) is 36.0 Å². The zero-order chi connectivity index (χ0) is 46.1. The van der Waals surface area contributed by atoms with Crippen molar-refractivity contribution in [3.05, 3.63) is 53.6 Å². The predicted molar refractivity (Wildman–Crippen MR) is 209 cm³/mol. The molecule has 350 valence electrons. The third-order valence-corrected chi connectivity index (χ3v) is 10.3. The summed E-state index contributed by atoms with van der Waals surface area (Å²) in [5.41, 5.74) is 1.03. The first-order chi connectivity index (χ1) is 30.0. The van der Waals surface area contributed by atoms with Crippen LogP contribution in [-0.4, -0.2) is 185 Å². The molecular formula is C41H54O22. The number of methoxy groups -OCH3 is 2. The van der Waals surface area contributed by atoms with Gasteiger partial charge in [0.05, 0.1) is 40.1 Å². The van der Waals surface area contributed by atoms with Crippen LogP contribution in [0, 0.1) is 0 Å². The predicted octanol–water partition coefficient (Wildman–Crippen LogP) is -1.44.